The van der Waals surface area contributed by atoms with Gasteiger partial charge in [0.1, 0.15) is 11.6 Å². The van der Waals surface area contributed by atoms with Gasteiger partial charge in [0.05, 0.1) is 17.5 Å². The van der Waals surface area contributed by atoms with Crippen molar-refractivity contribution in [2.45, 2.75) is 12.8 Å². The first kappa shape index (κ1) is 27.0. The fraction of sp³-hybridized carbons (Fsp3) is 0.364. The minimum absolute atomic E-state index is 0.0283. The van der Waals surface area contributed by atoms with Crippen LogP contribution in [0.2, 0.25) is 5.02 Å². The van der Waals surface area contributed by atoms with Crippen molar-refractivity contribution < 1.29 is 9.53 Å². The number of ether oxygens (including phenoxy) is 1. The molecule has 8 nitrogen and oxygen atoms in total. The lowest BCUT2D eigenvalue weighted by atomic mass is 9.89. The monoisotopic (exact) mass is 582 g/mol. The van der Waals surface area contributed by atoms with E-state index >= 15 is 0 Å². The molecule has 0 radical (unpaired) electrons. The Morgan fingerprint density at radius 2 is 1.67 bits per heavy atom. The molecule has 0 aliphatic carbocycles. The largest absolute Gasteiger partial charge is 0.492 e. The number of amides is 1. The molecule has 9 heteroatoms. The van der Waals surface area contributed by atoms with Gasteiger partial charge in [0.15, 0.2) is 0 Å². The third-order valence-electron chi connectivity index (χ3n) is 8.83. The Labute approximate surface area is 251 Å². The normalized spacial score (nSPS) is 17.8. The number of hydrogen-bond acceptors (Lipinski definition) is 7. The van der Waals surface area contributed by atoms with Gasteiger partial charge in [-0.15, -0.1) is 0 Å². The summed E-state index contributed by atoms with van der Waals surface area (Å²) in [5.74, 6) is 2.48. The lowest BCUT2D eigenvalue weighted by molar-refractivity contribution is -0.126. The molecule has 2 saturated heterocycles. The van der Waals surface area contributed by atoms with E-state index in [2.05, 4.69) is 58.7 Å². The fourth-order valence-corrected chi connectivity index (χ4v) is 6.79. The van der Waals surface area contributed by atoms with Gasteiger partial charge in [-0.2, -0.15) is 4.98 Å². The highest BCUT2D eigenvalue weighted by Crippen LogP contribution is 2.46. The highest BCUT2D eigenvalue weighted by atomic mass is 35.5. The van der Waals surface area contributed by atoms with E-state index in [0.717, 1.165) is 94.4 Å². The van der Waals surface area contributed by atoms with Gasteiger partial charge in [0, 0.05) is 68.3 Å². The first-order chi connectivity index (χ1) is 20.5. The molecule has 0 unspecified atom stereocenters. The summed E-state index contributed by atoms with van der Waals surface area (Å²) in [6, 6.07) is 14.7. The average molecular weight is 583 g/mol. The maximum atomic E-state index is 12.3. The van der Waals surface area contributed by atoms with Crippen LogP contribution >= 0.6 is 11.6 Å². The van der Waals surface area contributed by atoms with Crippen molar-refractivity contribution in [3.05, 3.63) is 65.7 Å². The van der Waals surface area contributed by atoms with E-state index in [1.165, 1.54) is 11.6 Å². The van der Waals surface area contributed by atoms with Gasteiger partial charge >= 0.3 is 0 Å². The predicted molar refractivity (Wildman–Crippen MR) is 170 cm³/mol. The van der Waals surface area contributed by atoms with Crippen LogP contribution in [-0.2, 0) is 11.2 Å². The number of rotatable bonds is 4. The van der Waals surface area contributed by atoms with Crippen LogP contribution in [-0.4, -0.2) is 91.7 Å². The van der Waals surface area contributed by atoms with Gasteiger partial charge in [-0.05, 0) is 54.6 Å². The lowest BCUT2D eigenvalue weighted by Crippen LogP contribution is -2.49. The number of likely N-dealkylation sites (N-methyl/N-ethyl adjacent to an activating group) is 1. The molecule has 216 valence electrons. The Morgan fingerprint density at radius 3 is 2.43 bits per heavy atom. The van der Waals surface area contributed by atoms with Crippen LogP contribution in [0, 0.1) is 0 Å². The zero-order chi connectivity index (χ0) is 28.8. The van der Waals surface area contributed by atoms with Crippen molar-refractivity contribution in [1.82, 2.24) is 19.8 Å². The quantitative estimate of drug-likeness (QED) is 0.313. The van der Waals surface area contributed by atoms with E-state index in [1.807, 2.05) is 17.0 Å². The first-order valence-electron chi connectivity index (χ1n) is 14.8. The van der Waals surface area contributed by atoms with E-state index in [0.29, 0.717) is 32.8 Å². The molecule has 0 atom stereocenters. The molecular formula is C33H35ClN6O2. The van der Waals surface area contributed by atoms with E-state index < -0.39 is 0 Å². The molecule has 3 aromatic carbocycles. The molecule has 0 saturated carbocycles. The highest BCUT2D eigenvalue weighted by molar-refractivity contribution is 6.36. The third kappa shape index (κ3) is 4.72. The molecule has 3 aliphatic heterocycles. The minimum Gasteiger partial charge on any atom is -0.492 e. The maximum absolute atomic E-state index is 12.3. The van der Waals surface area contributed by atoms with Crippen LogP contribution in [0.3, 0.4) is 0 Å². The second kappa shape index (κ2) is 11.1. The maximum Gasteiger partial charge on any atom is 0.246 e. The summed E-state index contributed by atoms with van der Waals surface area (Å²) in [5.41, 5.74) is 4.27. The Kier molecular flexibility index (Phi) is 7.12. The smallest absolute Gasteiger partial charge is 0.246 e. The summed E-state index contributed by atoms with van der Waals surface area (Å²) in [7, 11) is 2.15. The van der Waals surface area contributed by atoms with Gasteiger partial charge in [-0.3, -0.25) is 4.79 Å². The molecule has 4 aromatic rings. The molecule has 42 heavy (non-hydrogen) atoms. The zero-order valence-corrected chi connectivity index (χ0v) is 24.7. The first-order valence-corrected chi connectivity index (χ1v) is 15.2. The van der Waals surface area contributed by atoms with Crippen LogP contribution in [0.5, 0.6) is 5.75 Å². The summed E-state index contributed by atoms with van der Waals surface area (Å²) < 4.78 is 6.51. The number of halogens is 1. The number of aromatic nitrogens is 2. The third-order valence-corrected chi connectivity index (χ3v) is 9.14. The Morgan fingerprint density at radius 1 is 0.929 bits per heavy atom. The van der Waals surface area contributed by atoms with Gasteiger partial charge in [-0.25, -0.2) is 4.98 Å². The summed E-state index contributed by atoms with van der Waals surface area (Å²) in [6.07, 6.45) is 3.25. The molecule has 0 N–H and O–H groups in total. The SMILES string of the molecule is C=CC(=O)N1CCN(c2nc(N3CCN(C)CC3)nc3cc(-c4cccc5cccc(Cl)c45)c4c(c23)OCCC4)CC1. The van der Waals surface area contributed by atoms with E-state index in [1.54, 1.807) is 0 Å². The lowest BCUT2D eigenvalue weighted by Gasteiger charge is -2.37. The standard InChI is InChI=1S/C33H35ClN6O2/c1-3-28(41)38-16-18-39(19-17-38)32-30-27(35-33(36-32)40-14-12-37(2)13-15-40)21-25(24-10-6-20-42-31(24)30)23-9-4-7-22-8-5-11-26(34)29(22)23/h3-5,7-9,11,21H,1,6,10,12-20H2,2H3. The number of hydrogen-bond donors (Lipinski definition) is 0. The summed E-state index contributed by atoms with van der Waals surface area (Å²) in [5, 5.41) is 3.85. The topological polar surface area (TPSA) is 65.0 Å². The van der Waals surface area contributed by atoms with Gasteiger partial charge in [0.2, 0.25) is 11.9 Å². The van der Waals surface area contributed by atoms with Gasteiger partial charge < -0.3 is 24.3 Å². The minimum atomic E-state index is -0.0283. The molecule has 0 bridgehead atoms. The second-order valence-electron chi connectivity index (χ2n) is 11.4. The van der Waals surface area contributed by atoms with Crippen molar-refractivity contribution in [1.29, 1.82) is 0 Å². The summed E-state index contributed by atoms with van der Waals surface area (Å²) in [6.45, 7) is 10.6. The van der Waals surface area contributed by atoms with Gasteiger partial charge in [0.25, 0.3) is 0 Å². The van der Waals surface area contributed by atoms with Crippen molar-refractivity contribution in [2.24, 2.45) is 0 Å². The number of anilines is 2. The second-order valence-corrected chi connectivity index (χ2v) is 11.8. The Bertz CT molecular complexity index is 1690. The molecule has 3 aliphatic rings. The molecule has 1 aromatic heterocycles. The number of carbonyl (C=O) groups excluding carboxylic acids is 1. The molecular weight excluding hydrogens is 548 g/mol. The van der Waals surface area contributed by atoms with Crippen molar-refractivity contribution in [2.75, 3.05) is 75.8 Å². The molecule has 0 spiro atoms. The number of fused-ring (bicyclic) bond motifs is 4. The van der Waals surface area contributed by atoms with Crippen LogP contribution < -0.4 is 14.5 Å². The molecule has 1 amide bonds. The highest BCUT2D eigenvalue weighted by Gasteiger charge is 2.30. The zero-order valence-electron chi connectivity index (χ0n) is 24.0. The van der Waals surface area contributed by atoms with Gasteiger partial charge in [-0.1, -0.05) is 48.5 Å². The molecule has 2 fully saturated rings. The number of benzene rings is 3. The number of nitrogens with zero attached hydrogens (tertiary/aromatic N) is 6. The van der Waals surface area contributed by atoms with Crippen molar-refractivity contribution in [3.8, 4) is 16.9 Å². The van der Waals surface area contributed by atoms with Crippen molar-refractivity contribution in [3.63, 3.8) is 0 Å². The predicted octanol–water partition coefficient (Wildman–Crippen LogP) is 5.01. The number of carbonyl (C=O) groups is 1. The van der Waals surface area contributed by atoms with Crippen molar-refractivity contribution >= 4 is 50.9 Å². The van der Waals surface area contributed by atoms with E-state index in [9.17, 15) is 4.79 Å². The fourth-order valence-electron chi connectivity index (χ4n) is 6.51. The van der Waals surface area contributed by atoms with E-state index in [4.69, 9.17) is 26.3 Å². The average Bonchev–Trinajstić information content (AvgIpc) is 3.03. The van der Waals surface area contributed by atoms with Crippen LogP contribution in [0.15, 0.2) is 55.1 Å². The Balaban J connectivity index is 1.43. The van der Waals surface area contributed by atoms with Crippen LogP contribution in [0.1, 0.15) is 12.0 Å². The number of piperazine rings is 2. The van der Waals surface area contributed by atoms with Crippen LogP contribution in [0.4, 0.5) is 11.8 Å². The van der Waals surface area contributed by atoms with Crippen LogP contribution in [0.25, 0.3) is 32.8 Å². The van der Waals surface area contributed by atoms with E-state index in [-0.39, 0.29) is 5.91 Å². The Hall–Kier alpha value is -3.88. The molecule has 7 rings (SSSR count). The summed E-state index contributed by atoms with van der Waals surface area (Å²) in [4.78, 5) is 31.5. The summed E-state index contributed by atoms with van der Waals surface area (Å²) >= 11 is 6.82. The molecule has 4 heterocycles.